The maximum Gasteiger partial charge on any atom is 0.209 e. The Morgan fingerprint density at radius 3 is 2.48 bits per heavy atom. The standard InChI is InChI=1S/C16H28N6O2S/c1-16(2,20-25(4,23)24)13-19-15(17-3)22-11-9-21(10-12-22)14-7-5-6-8-18-14/h5-8,20H,9-13H2,1-4H3,(H,17,19). The normalized spacial score (nSPS) is 16.9. The number of hydrogen-bond acceptors (Lipinski definition) is 5. The van der Waals surface area contributed by atoms with Crippen molar-refractivity contribution in [1.29, 1.82) is 0 Å². The zero-order valence-electron chi connectivity index (χ0n) is 15.4. The summed E-state index contributed by atoms with van der Waals surface area (Å²) in [6, 6.07) is 5.92. The van der Waals surface area contributed by atoms with Crippen LogP contribution in [0.1, 0.15) is 13.8 Å². The minimum absolute atomic E-state index is 0.452. The van der Waals surface area contributed by atoms with E-state index in [4.69, 9.17) is 0 Å². The van der Waals surface area contributed by atoms with Gasteiger partial charge in [0.25, 0.3) is 0 Å². The van der Waals surface area contributed by atoms with E-state index in [0.29, 0.717) is 6.54 Å². The Morgan fingerprint density at radius 2 is 1.96 bits per heavy atom. The number of anilines is 1. The van der Waals surface area contributed by atoms with Crippen molar-refractivity contribution >= 4 is 21.8 Å². The Bertz CT molecular complexity index is 682. The third kappa shape index (κ3) is 6.17. The second-order valence-corrected chi connectivity index (χ2v) is 8.57. The number of nitrogens with one attached hydrogen (secondary N) is 2. The first-order chi connectivity index (χ1) is 11.7. The predicted molar refractivity (Wildman–Crippen MR) is 101 cm³/mol. The highest BCUT2D eigenvalue weighted by Crippen LogP contribution is 2.12. The smallest absolute Gasteiger partial charge is 0.209 e. The summed E-state index contributed by atoms with van der Waals surface area (Å²) >= 11 is 0. The fourth-order valence-electron chi connectivity index (χ4n) is 2.86. The third-order valence-corrected chi connectivity index (χ3v) is 4.84. The molecule has 2 rings (SSSR count). The topological polar surface area (TPSA) is 89.9 Å². The van der Waals surface area contributed by atoms with Crippen molar-refractivity contribution in [2.24, 2.45) is 4.99 Å². The summed E-state index contributed by atoms with van der Waals surface area (Å²) in [4.78, 5) is 13.1. The number of aromatic nitrogens is 1. The van der Waals surface area contributed by atoms with Crippen LogP contribution in [-0.2, 0) is 10.0 Å². The van der Waals surface area contributed by atoms with E-state index in [0.717, 1.165) is 38.0 Å². The molecule has 0 saturated carbocycles. The van der Waals surface area contributed by atoms with Gasteiger partial charge in [-0.3, -0.25) is 4.99 Å². The summed E-state index contributed by atoms with van der Waals surface area (Å²) in [5.41, 5.74) is -0.598. The summed E-state index contributed by atoms with van der Waals surface area (Å²) < 4.78 is 25.5. The van der Waals surface area contributed by atoms with E-state index in [9.17, 15) is 8.42 Å². The molecule has 2 heterocycles. The number of hydrogen-bond donors (Lipinski definition) is 2. The summed E-state index contributed by atoms with van der Waals surface area (Å²) in [7, 11) is -1.52. The highest BCUT2D eigenvalue weighted by molar-refractivity contribution is 7.88. The second-order valence-electron chi connectivity index (χ2n) is 6.82. The summed E-state index contributed by atoms with van der Waals surface area (Å²) in [6.45, 7) is 7.52. The van der Waals surface area contributed by atoms with Crippen molar-refractivity contribution < 1.29 is 8.42 Å². The van der Waals surface area contributed by atoms with Crippen molar-refractivity contribution in [2.75, 3.05) is 50.9 Å². The van der Waals surface area contributed by atoms with E-state index < -0.39 is 15.6 Å². The van der Waals surface area contributed by atoms with Crippen LogP contribution in [0.25, 0.3) is 0 Å². The molecular formula is C16H28N6O2S. The quantitative estimate of drug-likeness (QED) is 0.566. The van der Waals surface area contributed by atoms with Crippen LogP contribution >= 0.6 is 0 Å². The van der Waals surface area contributed by atoms with Gasteiger partial charge in [-0.05, 0) is 26.0 Å². The van der Waals surface area contributed by atoms with E-state index in [1.807, 2.05) is 32.0 Å². The van der Waals surface area contributed by atoms with Crippen LogP contribution in [0.5, 0.6) is 0 Å². The second kappa shape index (κ2) is 8.01. The fourth-order valence-corrected chi connectivity index (χ4v) is 3.93. The molecule has 8 nitrogen and oxygen atoms in total. The van der Waals surface area contributed by atoms with E-state index in [1.165, 1.54) is 6.26 Å². The monoisotopic (exact) mass is 368 g/mol. The Kier molecular flexibility index (Phi) is 6.23. The molecule has 9 heteroatoms. The van der Waals surface area contributed by atoms with Crippen LogP contribution in [0.4, 0.5) is 5.82 Å². The zero-order valence-corrected chi connectivity index (χ0v) is 16.2. The predicted octanol–water partition coefficient (Wildman–Crippen LogP) is 0.107. The largest absolute Gasteiger partial charge is 0.354 e. The fraction of sp³-hybridized carbons (Fsp3) is 0.625. The molecule has 1 aliphatic rings. The van der Waals surface area contributed by atoms with Gasteiger partial charge < -0.3 is 15.1 Å². The van der Waals surface area contributed by atoms with Crippen molar-refractivity contribution in [3.8, 4) is 0 Å². The Balaban J connectivity index is 1.88. The van der Waals surface area contributed by atoms with Gasteiger partial charge in [-0.2, -0.15) is 0 Å². The molecule has 0 radical (unpaired) electrons. The number of sulfonamides is 1. The highest BCUT2D eigenvalue weighted by atomic mass is 32.2. The number of aliphatic imine (C=N–C) groups is 1. The number of piperazine rings is 1. The van der Waals surface area contributed by atoms with Gasteiger partial charge in [0, 0.05) is 51.5 Å². The Morgan fingerprint density at radius 1 is 1.28 bits per heavy atom. The third-order valence-electron chi connectivity index (χ3n) is 3.91. The summed E-state index contributed by atoms with van der Waals surface area (Å²) in [6.07, 6.45) is 2.97. The average Bonchev–Trinajstić information content (AvgIpc) is 2.54. The van der Waals surface area contributed by atoms with E-state index >= 15 is 0 Å². The van der Waals surface area contributed by atoms with Crippen LogP contribution in [0.3, 0.4) is 0 Å². The Labute approximate surface area is 150 Å². The van der Waals surface area contributed by atoms with Gasteiger partial charge in [0.05, 0.1) is 6.26 Å². The molecule has 2 N–H and O–H groups in total. The van der Waals surface area contributed by atoms with E-state index in [2.05, 4.69) is 29.8 Å². The molecule has 140 valence electrons. The highest BCUT2D eigenvalue weighted by Gasteiger charge is 2.25. The molecule has 0 amide bonds. The van der Waals surface area contributed by atoms with Crippen LogP contribution < -0.4 is 14.9 Å². The number of rotatable bonds is 5. The maximum atomic E-state index is 11.4. The van der Waals surface area contributed by atoms with E-state index in [-0.39, 0.29) is 0 Å². The van der Waals surface area contributed by atoms with Gasteiger partial charge in [0.2, 0.25) is 10.0 Å². The minimum atomic E-state index is -3.26. The maximum absolute atomic E-state index is 11.4. The lowest BCUT2D eigenvalue weighted by atomic mass is 10.1. The summed E-state index contributed by atoms with van der Waals surface area (Å²) in [5, 5.41) is 3.27. The van der Waals surface area contributed by atoms with Crippen molar-refractivity contribution in [2.45, 2.75) is 19.4 Å². The summed E-state index contributed by atoms with van der Waals surface area (Å²) in [5.74, 6) is 1.77. The molecule has 0 bridgehead atoms. The lowest BCUT2D eigenvalue weighted by Gasteiger charge is -2.38. The van der Waals surface area contributed by atoms with Crippen molar-refractivity contribution in [3.63, 3.8) is 0 Å². The van der Waals surface area contributed by atoms with Crippen LogP contribution in [0.15, 0.2) is 29.4 Å². The van der Waals surface area contributed by atoms with Gasteiger partial charge in [0.15, 0.2) is 5.96 Å². The molecule has 0 spiro atoms. The van der Waals surface area contributed by atoms with Crippen LogP contribution in [0.2, 0.25) is 0 Å². The number of nitrogens with zero attached hydrogens (tertiary/aromatic N) is 4. The van der Waals surface area contributed by atoms with Gasteiger partial charge in [-0.15, -0.1) is 0 Å². The minimum Gasteiger partial charge on any atom is -0.354 e. The van der Waals surface area contributed by atoms with Gasteiger partial charge in [0.1, 0.15) is 5.82 Å². The lowest BCUT2D eigenvalue weighted by Crippen LogP contribution is -2.56. The van der Waals surface area contributed by atoms with Gasteiger partial charge in [-0.1, -0.05) is 6.07 Å². The van der Waals surface area contributed by atoms with Crippen LogP contribution in [0, 0.1) is 0 Å². The zero-order chi connectivity index (χ0) is 18.5. The number of pyridine rings is 1. The van der Waals surface area contributed by atoms with Gasteiger partial charge in [-0.25, -0.2) is 18.1 Å². The first-order valence-corrected chi connectivity index (χ1v) is 10.2. The van der Waals surface area contributed by atoms with Crippen molar-refractivity contribution in [3.05, 3.63) is 24.4 Å². The SMILES string of the molecule is CN=C(NCC(C)(C)NS(C)(=O)=O)N1CCN(c2ccccn2)CC1. The van der Waals surface area contributed by atoms with Crippen LogP contribution in [-0.4, -0.2) is 75.8 Å². The molecule has 1 fully saturated rings. The molecule has 0 unspecified atom stereocenters. The average molecular weight is 369 g/mol. The molecule has 1 aromatic rings. The first kappa shape index (κ1) is 19.5. The molecule has 1 aliphatic heterocycles. The Hall–Kier alpha value is -1.87. The molecule has 1 aromatic heterocycles. The van der Waals surface area contributed by atoms with E-state index in [1.54, 1.807) is 13.2 Å². The molecule has 25 heavy (non-hydrogen) atoms. The molecule has 0 aromatic carbocycles. The lowest BCUT2D eigenvalue weighted by molar-refractivity contribution is 0.362. The molecular weight excluding hydrogens is 340 g/mol. The van der Waals surface area contributed by atoms with Crippen molar-refractivity contribution in [1.82, 2.24) is 19.9 Å². The molecule has 1 saturated heterocycles. The molecule has 0 aliphatic carbocycles. The number of guanidine groups is 1. The van der Waals surface area contributed by atoms with Gasteiger partial charge >= 0.3 is 0 Å². The first-order valence-electron chi connectivity index (χ1n) is 8.31. The molecule has 0 atom stereocenters.